The molecule has 27 heavy (non-hydrogen) atoms. The van der Waals surface area contributed by atoms with E-state index >= 15 is 0 Å². The summed E-state index contributed by atoms with van der Waals surface area (Å²) in [6, 6.07) is 4.31. The number of alkyl halides is 2. The van der Waals surface area contributed by atoms with Crippen molar-refractivity contribution in [2.45, 2.75) is 50.8 Å². The normalized spacial score (nSPS) is 19.7. The number of hydrogen-bond donors (Lipinski definition) is 1. The zero-order chi connectivity index (χ0) is 19.3. The second-order valence-electron chi connectivity index (χ2n) is 7.36. The highest BCUT2D eigenvalue weighted by Gasteiger charge is 2.42. The van der Waals surface area contributed by atoms with Gasteiger partial charge in [0.2, 0.25) is 0 Å². The van der Waals surface area contributed by atoms with Crippen LogP contribution in [0.4, 0.5) is 14.5 Å². The summed E-state index contributed by atoms with van der Waals surface area (Å²) < 4.78 is 35.0. The third-order valence-corrected chi connectivity index (χ3v) is 5.44. The average molecular weight is 376 g/mol. The Morgan fingerprint density at radius 1 is 1.33 bits per heavy atom. The Balaban J connectivity index is 1.83. The van der Waals surface area contributed by atoms with Crippen molar-refractivity contribution >= 4 is 11.6 Å². The number of aromatic nitrogens is 2. The van der Waals surface area contributed by atoms with E-state index in [1.165, 1.54) is 0 Å². The highest BCUT2D eigenvalue weighted by atomic mass is 19.3. The minimum absolute atomic E-state index is 0.00500. The summed E-state index contributed by atoms with van der Waals surface area (Å²) in [6.07, 6.45) is 2.91. The Hall–Kier alpha value is -2.64. The molecule has 1 atom stereocenters. The smallest absolute Gasteiger partial charge is 0.424 e. The van der Waals surface area contributed by atoms with Crippen molar-refractivity contribution in [2.24, 2.45) is 5.73 Å². The first kappa shape index (κ1) is 17.8. The first-order valence-electron chi connectivity index (χ1n) is 9.08. The molecule has 6 nitrogen and oxygen atoms in total. The Bertz CT molecular complexity index is 892. The largest absolute Gasteiger partial charge is 0.482 e. The van der Waals surface area contributed by atoms with E-state index in [4.69, 9.17) is 10.5 Å². The van der Waals surface area contributed by atoms with Crippen LogP contribution in [0.1, 0.15) is 37.8 Å². The van der Waals surface area contributed by atoms with Gasteiger partial charge in [-0.15, -0.1) is 0 Å². The number of anilines is 1. The highest BCUT2D eigenvalue weighted by Crippen LogP contribution is 2.44. The van der Waals surface area contributed by atoms with Crippen molar-refractivity contribution in [3.05, 3.63) is 30.1 Å². The van der Waals surface area contributed by atoms with Crippen LogP contribution in [0, 0.1) is 0 Å². The molecule has 0 radical (unpaired) electrons. The molecule has 2 aromatic rings. The molecular formula is C19H22F2N4O2. The number of fused-ring (bicyclic) bond motifs is 1. The number of nitrogens with two attached hydrogens (primary N) is 1. The SMILES string of the molecule is CC1CCc2c(ccc(-c3cnn(C4CC4)c3)c2OC(F)(F)C(N)=O)N1C. The summed E-state index contributed by atoms with van der Waals surface area (Å²) in [5, 5.41) is 4.34. The molecule has 1 aromatic carbocycles. The van der Waals surface area contributed by atoms with Gasteiger partial charge in [-0.2, -0.15) is 13.9 Å². The van der Waals surface area contributed by atoms with E-state index in [1.807, 2.05) is 28.9 Å². The summed E-state index contributed by atoms with van der Waals surface area (Å²) in [7, 11) is 1.92. The molecule has 1 fully saturated rings. The summed E-state index contributed by atoms with van der Waals surface area (Å²) in [5.74, 6) is -1.80. The molecule has 0 saturated heterocycles. The van der Waals surface area contributed by atoms with Gasteiger partial charge < -0.3 is 15.4 Å². The number of amides is 1. The maximum absolute atomic E-state index is 14.1. The second kappa shape index (κ2) is 6.21. The van der Waals surface area contributed by atoms with E-state index < -0.39 is 12.0 Å². The number of nitrogens with zero attached hydrogens (tertiary/aromatic N) is 3. The lowest BCUT2D eigenvalue weighted by Crippen LogP contribution is -2.41. The van der Waals surface area contributed by atoms with Gasteiger partial charge in [0, 0.05) is 41.7 Å². The molecule has 4 rings (SSSR count). The quantitative estimate of drug-likeness (QED) is 0.870. The van der Waals surface area contributed by atoms with Gasteiger partial charge in [-0.05, 0) is 44.7 Å². The van der Waals surface area contributed by atoms with Gasteiger partial charge >= 0.3 is 12.0 Å². The van der Waals surface area contributed by atoms with Gasteiger partial charge in [0.1, 0.15) is 5.75 Å². The lowest BCUT2D eigenvalue weighted by Gasteiger charge is -2.35. The average Bonchev–Trinajstić information content (AvgIpc) is 3.36. The van der Waals surface area contributed by atoms with Crippen LogP contribution in [-0.4, -0.2) is 34.9 Å². The van der Waals surface area contributed by atoms with E-state index in [0.717, 1.165) is 24.9 Å². The monoisotopic (exact) mass is 376 g/mol. The molecule has 8 heteroatoms. The minimum atomic E-state index is -4.09. The van der Waals surface area contributed by atoms with Crippen molar-refractivity contribution < 1.29 is 18.3 Å². The zero-order valence-corrected chi connectivity index (χ0v) is 15.3. The minimum Gasteiger partial charge on any atom is -0.424 e. The van der Waals surface area contributed by atoms with Crippen LogP contribution in [0.3, 0.4) is 0 Å². The summed E-state index contributed by atoms with van der Waals surface area (Å²) in [5.41, 5.74) is 7.50. The van der Waals surface area contributed by atoms with Crippen molar-refractivity contribution in [3.8, 4) is 16.9 Å². The predicted molar refractivity (Wildman–Crippen MR) is 96.9 cm³/mol. The van der Waals surface area contributed by atoms with Crippen molar-refractivity contribution in [1.82, 2.24) is 9.78 Å². The predicted octanol–water partition coefficient (Wildman–Crippen LogP) is 3.11. The zero-order valence-electron chi connectivity index (χ0n) is 15.3. The van der Waals surface area contributed by atoms with Gasteiger partial charge in [-0.25, -0.2) is 0 Å². The summed E-state index contributed by atoms with van der Waals surface area (Å²) in [4.78, 5) is 13.2. The van der Waals surface area contributed by atoms with Crippen LogP contribution < -0.4 is 15.4 Å². The molecule has 0 bridgehead atoms. The van der Waals surface area contributed by atoms with Crippen LogP contribution in [0.15, 0.2) is 24.5 Å². The van der Waals surface area contributed by atoms with Gasteiger partial charge in [0.05, 0.1) is 12.2 Å². The number of halogens is 2. The fourth-order valence-corrected chi connectivity index (χ4v) is 3.51. The number of carbonyl (C=O) groups excluding carboxylic acids is 1. The number of carbonyl (C=O) groups is 1. The lowest BCUT2D eigenvalue weighted by atomic mass is 9.93. The lowest BCUT2D eigenvalue weighted by molar-refractivity contribution is -0.189. The molecule has 2 N–H and O–H groups in total. The summed E-state index contributed by atoms with van der Waals surface area (Å²) >= 11 is 0. The fraction of sp³-hybridized carbons (Fsp3) is 0.474. The molecular weight excluding hydrogens is 354 g/mol. The topological polar surface area (TPSA) is 73.4 Å². The first-order valence-corrected chi connectivity index (χ1v) is 9.08. The van der Waals surface area contributed by atoms with Crippen LogP contribution in [-0.2, 0) is 11.2 Å². The molecule has 2 heterocycles. The Labute approximate surface area is 155 Å². The number of hydrogen-bond acceptors (Lipinski definition) is 4. The van der Waals surface area contributed by atoms with Crippen LogP contribution in [0.5, 0.6) is 5.75 Å². The van der Waals surface area contributed by atoms with Crippen LogP contribution >= 0.6 is 0 Å². The Morgan fingerprint density at radius 3 is 2.74 bits per heavy atom. The Morgan fingerprint density at radius 2 is 2.07 bits per heavy atom. The molecule has 1 aliphatic heterocycles. The van der Waals surface area contributed by atoms with E-state index in [-0.39, 0.29) is 11.8 Å². The van der Waals surface area contributed by atoms with Gasteiger partial charge in [-0.1, -0.05) is 0 Å². The van der Waals surface area contributed by atoms with Crippen molar-refractivity contribution in [3.63, 3.8) is 0 Å². The van der Waals surface area contributed by atoms with E-state index in [2.05, 4.69) is 12.0 Å². The molecule has 1 amide bonds. The number of benzene rings is 1. The first-order chi connectivity index (χ1) is 12.8. The van der Waals surface area contributed by atoms with Crippen molar-refractivity contribution in [2.75, 3.05) is 11.9 Å². The maximum Gasteiger partial charge on any atom is 0.482 e. The molecule has 1 saturated carbocycles. The molecule has 144 valence electrons. The van der Waals surface area contributed by atoms with Crippen LogP contribution in [0.2, 0.25) is 0 Å². The maximum atomic E-state index is 14.1. The molecule has 1 aliphatic carbocycles. The standard InChI is InChI=1S/C19H22F2N4O2/c1-11-3-6-15-16(24(11)2)8-7-14(17(15)27-19(20,21)18(22)26)12-9-23-25(10-12)13-4-5-13/h7-11,13H,3-6H2,1-2H3,(H2,22,26). The molecule has 0 spiro atoms. The fourth-order valence-electron chi connectivity index (χ4n) is 3.51. The number of rotatable bonds is 5. The third kappa shape index (κ3) is 3.13. The van der Waals surface area contributed by atoms with Gasteiger partial charge in [0.25, 0.3) is 0 Å². The summed E-state index contributed by atoms with van der Waals surface area (Å²) in [6.45, 7) is 2.08. The van der Waals surface area contributed by atoms with Gasteiger partial charge in [-0.3, -0.25) is 9.48 Å². The van der Waals surface area contributed by atoms with Gasteiger partial charge in [0.15, 0.2) is 0 Å². The third-order valence-electron chi connectivity index (χ3n) is 5.44. The highest BCUT2D eigenvalue weighted by molar-refractivity contribution is 5.82. The number of primary amides is 1. The van der Waals surface area contributed by atoms with Crippen LogP contribution in [0.25, 0.3) is 11.1 Å². The molecule has 1 aromatic heterocycles. The second-order valence-corrected chi connectivity index (χ2v) is 7.36. The number of ether oxygens (including phenoxy) is 1. The Kier molecular flexibility index (Phi) is 4.09. The van der Waals surface area contributed by atoms with E-state index in [1.54, 1.807) is 12.3 Å². The molecule has 2 aliphatic rings. The van der Waals surface area contributed by atoms with E-state index in [0.29, 0.717) is 29.2 Å². The van der Waals surface area contributed by atoms with Crippen molar-refractivity contribution in [1.29, 1.82) is 0 Å². The molecule has 1 unspecified atom stereocenters. The van der Waals surface area contributed by atoms with E-state index in [9.17, 15) is 13.6 Å².